The molecule has 1 amide bonds. The summed E-state index contributed by atoms with van der Waals surface area (Å²) in [6, 6.07) is 5.40. The van der Waals surface area contributed by atoms with Gasteiger partial charge in [-0.3, -0.25) is 14.9 Å². The van der Waals surface area contributed by atoms with Gasteiger partial charge < -0.3 is 0 Å². The maximum absolute atomic E-state index is 12.0. The van der Waals surface area contributed by atoms with Crippen molar-refractivity contribution in [1.29, 1.82) is 0 Å². The summed E-state index contributed by atoms with van der Waals surface area (Å²) in [5, 5.41) is 11.0. The lowest BCUT2D eigenvalue weighted by molar-refractivity contribution is 0.0950. The average Bonchev–Trinajstić information content (AvgIpc) is 2.95. The van der Waals surface area contributed by atoms with Crippen LogP contribution >= 0.6 is 0 Å². The third-order valence-electron chi connectivity index (χ3n) is 3.04. The van der Waals surface area contributed by atoms with E-state index in [0.29, 0.717) is 11.4 Å². The van der Waals surface area contributed by atoms with Gasteiger partial charge in [-0.2, -0.15) is 10.2 Å². The van der Waals surface area contributed by atoms with Crippen LogP contribution < -0.4 is 5.43 Å². The number of carbonyl (C=O) groups excluding carboxylic acids is 1. The smallest absolute Gasteiger partial charge is 0.281 e. The minimum atomic E-state index is -0.338. The van der Waals surface area contributed by atoms with Gasteiger partial charge in [-0.1, -0.05) is 20.8 Å². The number of hydrazone groups is 1. The Morgan fingerprint density at radius 3 is 2.52 bits per heavy atom. The van der Waals surface area contributed by atoms with E-state index in [2.05, 4.69) is 25.7 Å². The summed E-state index contributed by atoms with van der Waals surface area (Å²) in [5.41, 5.74) is 5.27. The Labute approximate surface area is 123 Å². The van der Waals surface area contributed by atoms with E-state index in [4.69, 9.17) is 0 Å². The van der Waals surface area contributed by atoms with Crippen LogP contribution in [0.1, 0.15) is 49.4 Å². The van der Waals surface area contributed by atoms with Crippen molar-refractivity contribution in [3.8, 4) is 0 Å². The standard InChI is InChI=1S/C15H19N5O/c1-10(11-5-7-16-8-6-11)17-20-14(21)12-9-13(19-18-12)15(2,3)4/h5-9H,1-4H3,(H,18,19)(H,20,21). The highest BCUT2D eigenvalue weighted by molar-refractivity contribution is 6.00. The third kappa shape index (κ3) is 3.75. The zero-order valence-corrected chi connectivity index (χ0v) is 12.6. The fourth-order valence-corrected chi connectivity index (χ4v) is 1.67. The van der Waals surface area contributed by atoms with Gasteiger partial charge in [0.1, 0.15) is 0 Å². The molecule has 0 aliphatic carbocycles. The SMILES string of the molecule is CC(=NNC(=O)c1cc(C(C)(C)C)[nH]n1)c1ccncc1. The van der Waals surface area contributed by atoms with Gasteiger partial charge in [0.15, 0.2) is 5.69 Å². The van der Waals surface area contributed by atoms with Gasteiger partial charge in [-0.05, 0) is 25.1 Å². The van der Waals surface area contributed by atoms with Crippen LogP contribution in [-0.4, -0.2) is 26.8 Å². The van der Waals surface area contributed by atoms with E-state index < -0.39 is 0 Å². The molecule has 0 bridgehead atoms. The normalized spacial score (nSPS) is 12.3. The number of hydrogen-bond donors (Lipinski definition) is 2. The van der Waals surface area contributed by atoms with Gasteiger partial charge in [-0.15, -0.1) is 0 Å². The third-order valence-corrected chi connectivity index (χ3v) is 3.04. The fraction of sp³-hybridized carbons (Fsp3) is 0.333. The van der Waals surface area contributed by atoms with Crippen molar-refractivity contribution in [3.05, 3.63) is 47.5 Å². The van der Waals surface area contributed by atoms with Crippen LogP contribution in [0.25, 0.3) is 0 Å². The summed E-state index contributed by atoms with van der Waals surface area (Å²) in [6.07, 6.45) is 3.36. The Kier molecular flexibility index (Phi) is 4.16. The van der Waals surface area contributed by atoms with E-state index in [1.807, 2.05) is 39.8 Å². The van der Waals surface area contributed by atoms with E-state index >= 15 is 0 Å². The molecule has 0 aliphatic rings. The molecule has 0 saturated heterocycles. The summed E-state index contributed by atoms with van der Waals surface area (Å²) in [5.74, 6) is -0.338. The fourth-order valence-electron chi connectivity index (χ4n) is 1.67. The summed E-state index contributed by atoms with van der Waals surface area (Å²) in [4.78, 5) is 15.9. The molecular formula is C15H19N5O. The number of hydrogen-bond acceptors (Lipinski definition) is 4. The van der Waals surface area contributed by atoms with Crippen molar-refractivity contribution in [2.24, 2.45) is 5.10 Å². The molecule has 0 aliphatic heterocycles. The zero-order chi connectivity index (χ0) is 15.5. The number of nitrogens with zero attached hydrogens (tertiary/aromatic N) is 3. The molecule has 0 radical (unpaired) electrons. The Morgan fingerprint density at radius 2 is 1.95 bits per heavy atom. The largest absolute Gasteiger partial charge is 0.291 e. The molecule has 110 valence electrons. The average molecular weight is 285 g/mol. The topological polar surface area (TPSA) is 83.0 Å². The molecule has 0 atom stereocenters. The number of carbonyl (C=O) groups is 1. The molecule has 0 fully saturated rings. The number of nitrogens with one attached hydrogen (secondary N) is 2. The van der Waals surface area contributed by atoms with Crippen LogP contribution in [0, 0.1) is 0 Å². The molecule has 2 heterocycles. The number of aromatic amines is 1. The van der Waals surface area contributed by atoms with Crippen LogP contribution in [0.3, 0.4) is 0 Å². The van der Waals surface area contributed by atoms with E-state index in [-0.39, 0.29) is 11.3 Å². The Morgan fingerprint density at radius 1 is 1.29 bits per heavy atom. The summed E-state index contributed by atoms with van der Waals surface area (Å²) in [6.45, 7) is 7.97. The minimum absolute atomic E-state index is 0.0816. The van der Waals surface area contributed by atoms with Crippen molar-refractivity contribution < 1.29 is 4.79 Å². The molecule has 2 aromatic rings. The van der Waals surface area contributed by atoms with Crippen molar-refractivity contribution in [1.82, 2.24) is 20.6 Å². The van der Waals surface area contributed by atoms with Crippen LogP contribution in [0.4, 0.5) is 0 Å². The van der Waals surface area contributed by atoms with Gasteiger partial charge in [0.05, 0.1) is 5.71 Å². The van der Waals surface area contributed by atoms with E-state index in [0.717, 1.165) is 11.3 Å². The van der Waals surface area contributed by atoms with Gasteiger partial charge in [0, 0.05) is 29.1 Å². The lowest BCUT2D eigenvalue weighted by Crippen LogP contribution is -2.19. The molecule has 2 rings (SSSR count). The molecule has 2 aromatic heterocycles. The van der Waals surface area contributed by atoms with Crippen molar-refractivity contribution in [2.75, 3.05) is 0 Å². The molecule has 6 nitrogen and oxygen atoms in total. The highest BCUT2D eigenvalue weighted by atomic mass is 16.2. The van der Waals surface area contributed by atoms with E-state index in [9.17, 15) is 4.79 Å². The van der Waals surface area contributed by atoms with Crippen LogP contribution in [0.2, 0.25) is 0 Å². The molecule has 0 saturated carbocycles. The highest BCUT2D eigenvalue weighted by Crippen LogP contribution is 2.20. The van der Waals surface area contributed by atoms with Gasteiger partial charge >= 0.3 is 0 Å². The molecule has 0 spiro atoms. The van der Waals surface area contributed by atoms with Crippen LogP contribution in [0.15, 0.2) is 35.7 Å². The Hall–Kier alpha value is -2.50. The van der Waals surface area contributed by atoms with Crippen molar-refractivity contribution in [3.63, 3.8) is 0 Å². The number of rotatable bonds is 3. The first kappa shape index (κ1) is 14.9. The quantitative estimate of drug-likeness (QED) is 0.670. The van der Waals surface area contributed by atoms with Crippen LogP contribution in [-0.2, 0) is 5.41 Å². The highest BCUT2D eigenvalue weighted by Gasteiger charge is 2.19. The summed E-state index contributed by atoms with van der Waals surface area (Å²) < 4.78 is 0. The number of aromatic nitrogens is 3. The molecule has 0 aromatic carbocycles. The second-order valence-corrected chi connectivity index (χ2v) is 5.79. The van der Waals surface area contributed by atoms with E-state index in [1.54, 1.807) is 18.5 Å². The maximum atomic E-state index is 12.0. The lowest BCUT2D eigenvalue weighted by Gasteiger charge is -2.14. The predicted octanol–water partition coefficient (Wildman–Crippen LogP) is 2.26. The minimum Gasteiger partial charge on any atom is -0.281 e. The number of H-pyrrole nitrogens is 1. The first-order valence-corrected chi connectivity index (χ1v) is 6.69. The Balaban J connectivity index is 2.07. The molecule has 0 unspecified atom stereocenters. The monoisotopic (exact) mass is 285 g/mol. The first-order valence-electron chi connectivity index (χ1n) is 6.69. The summed E-state index contributed by atoms with van der Waals surface area (Å²) >= 11 is 0. The van der Waals surface area contributed by atoms with Crippen LogP contribution in [0.5, 0.6) is 0 Å². The second-order valence-electron chi connectivity index (χ2n) is 5.79. The Bertz CT molecular complexity index is 652. The van der Waals surface area contributed by atoms with Gasteiger partial charge in [0.2, 0.25) is 0 Å². The zero-order valence-electron chi connectivity index (χ0n) is 12.6. The lowest BCUT2D eigenvalue weighted by atomic mass is 9.92. The summed E-state index contributed by atoms with van der Waals surface area (Å²) in [7, 11) is 0. The molecule has 2 N–H and O–H groups in total. The number of pyridine rings is 1. The molecule has 21 heavy (non-hydrogen) atoms. The molecular weight excluding hydrogens is 266 g/mol. The van der Waals surface area contributed by atoms with Crippen molar-refractivity contribution >= 4 is 11.6 Å². The maximum Gasteiger partial charge on any atom is 0.291 e. The molecule has 6 heteroatoms. The number of amides is 1. The van der Waals surface area contributed by atoms with Gasteiger partial charge in [-0.25, -0.2) is 5.43 Å². The van der Waals surface area contributed by atoms with E-state index in [1.165, 1.54) is 0 Å². The predicted molar refractivity (Wildman–Crippen MR) is 81.2 cm³/mol. The van der Waals surface area contributed by atoms with Gasteiger partial charge in [0.25, 0.3) is 5.91 Å². The van der Waals surface area contributed by atoms with Crippen molar-refractivity contribution in [2.45, 2.75) is 33.1 Å². The first-order chi connectivity index (χ1) is 9.88. The second kappa shape index (κ2) is 5.87.